The van der Waals surface area contributed by atoms with E-state index in [0.717, 1.165) is 4.90 Å². The van der Waals surface area contributed by atoms with Crippen molar-refractivity contribution in [2.24, 2.45) is 0 Å². The van der Waals surface area contributed by atoms with Crippen LogP contribution < -0.4 is 5.76 Å². The molecule has 0 amide bonds. The monoisotopic (exact) mass is 225 g/mol. The maximum absolute atomic E-state index is 10.8. The molecule has 0 fully saturated rings. The highest BCUT2D eigenvalue weighted by atomic mass is 32.2. The van der Waals surface area contributed by atoms with Crippen LogP contribution in [0.25, 0.3) is 11.1 Å². The molecule has 6 heteroatoms. The number of thioether (sulfide) groups is 1. The molecule has 0 saturated carbocycles. The zero-order valence-electron chi connectivity index (χ0n) is 7.52. The third-order valence-electron chi connectivity index (χ3n) is 1.75. The van der Waals surface area contributed by atoms with Gasteiger partial charge in [-0.05, 0) is 18.2 Å². The molecule has 0 radical (unpaired) electrons. The van der Waals surface area contributed by atoms with Crippen molar-refractivity contribution in [3.05, 3.63) is 28.7 Å². The SMILES string of the molecule is O=C(O)CSc1ccc2[nH]c(=O)oc2c1. The van der Waals surface area contributed by atoms with Gasteiger partial charge in [-0.2, -0.15) is 0 Å². The van der Waals surface area contributed by atoms with E-state index in [1.165, 1.54) is 11.8 Å². The number of fused-ring (bicyclic) bond motifs is 1. The summed E-state index contributed by atoms with van der Waals surface area (Å²) in [7, 11) is 0. The lowest BCUT2D eigenvalue weighted by molar-refractivity contribution is -0.133. The Kier molecular flexibility index (Phi) is 2.51. The first-order valence-electron chi connectivity index (χ1n) is 4.12. The number of hydrogen-bond acceptors (Lipinski definition) is 4. The highest BCUT2D eigenvalue weighted by molar-refractivity contribution is 8.00. The van der Waals surface area contributed by atoms with Gasteiger partial charge in [-0.15, -0.1) is 11.8 Å². The average Bonchev–Trinajstić information content (AvgIpc) is 2.53. The average molecular weight is 225 g/mol. The Morgan fingerprint density at radius 3 is 3.07 bits per heavy atom. The Morgan fingerprint density at radius 1 is 1.53 bits per heavy atom. The number of rotatable bonds is 3. The zero-order valence-corrected chi connectivity index (χ0v) is 8.34. The normalized spacial score (nSPS) is 10.7. The number of H-pyrrole nitrogens is 1. The lowest BCUT2D eigenvalue weighted by atomic mass is 10.3. The second kappa shape index (κ2) is 3.82. The smallest absolute Gasteiger partial charge is 0.417 e. The van der Waals surface area contributed by atoms with E-state index in [1.807, 2.05) is 0 Å². The number of benzene rings is 1. The number of nitrogens with one attached hydrogen (secondary N) is 1. The number of carbonyl (C=O) groups is 1. The van der Waals surface area contributed by atoms with Gasteiger partial charge in [0.05, 0.1) is 11.3 Å². The van der Waals surface area contributed by atoms with E-state index in [2.05, 4.69) is 4.98 Å². The summed E-state index contributed by atoms with van der Waals surface area (Å²) in [5.74, 6) is -1.40. The molecule has 2 aromatic rings. The molecular formula is C9H7NO4S. The Labute approximate surface area is 88.1 Å². The van der Waals surface area contributed by atoms with Gasteiger partial charge in [-0.25, -0.2) is 4.79 Å². The van der Waals surface area contributed by atoms with Gasteiger partial charge < -0.3 is 9.52 Å². The van der Waals surface area contributed by atoms with Crippen molar-refractivity contribution >= 4 is 28.8 Å². The second-order valence-corrected chi connectivity index (χ2v) is 3.90. The van der Waals surface area contributed by atoms with E-state index in [9.17, 15) is 9.59 Å². The molecule has 1 aromatic heterocycles. The molecule has 0 spiro atoms. The molecule has 15 heavy (non-hydrogen) atoms. The van der Waals surface area contributed by atoms with E-state index in [4.69, 9.17) is 9.52 Å². The van der Waals surface area contributed by atoms with Gasteiger partial charge in [0.1, 0.15) is 0 Å². The molecule has 0 unspecified atom stereocenters. The highest BCUT2D eigenvalue weighted by Gasteiger charge is 2.04. The van der Waals surface area contributed by atoms with Gasteiger partial charge in [0.15, 0.2) is 5.58 Å². The van der Waals surface area contributed by atoms with Crippen molar-refractivity contribution in [1.29, 1.82) is 0 Å². The van der Waals surface area contributed by atoms with E-state index < -0.39 is 11.7 Å². The maximum Gasteiger partial charge on any atom is 0.417 e. The van der Waals surface area contributed by atoms with Crippen molar-refractivity contribution in [2.45, 2.75) is 4.90 Å². The number of aliphatic carboxylic acids is 1. The molecule has 0 aliphatic heterocycles. The van der Waals surface area contributed by atoms with Crippen LogP contribution in [0.1, 0.15) is 0 Å². The van der Waals surface area contributed by atoms with Crippen LogP contribution in [0.3, 0.4) is 0 Å². The Morgan fingerprint density at radius 2 is 2.33 bits per heavy atom. The fourth-order valence-electron chi connectivity index (χ4n) is 1.16. The van der Waals surface area contributed by atoms with Crippen molar-refractivity contribution in [2.75, 3.05) is 5.75 Å². The Bertz CT molecular complexity index is 556. The molecule has 0 aliphatic carbocycles. The quantitative estimate of drug-likeness (QED) is 0.769. The number of aromatic nitrogens is 1. The molecule has 0 aliphatic rings. The molecule has 0 bridgehead atoms. The van der Waals surface area contributed by atoms with E-state index in [-0.39, 0.29) is 5.75 Å². The predicted octanol–water partition coefficient (Wildman–Crippen LogP) is 1.30. The number of aromatic amines is 1. The molecule has 0 saturated heterocycles. The van der Waals surface area contributed by atoms with Crippen molar-refractivity contribution in [3.63, 3.8) is 0 Å². The first kappa shape index (κ1) is 9.85. The predicted molar refractivity (Wildman–Crippen MR) is 55.2 cm³/mol. The van der Waals surface area contributed by atoms with Gasteiger partial charge in [-0.1, -0.05) is 0 Å². The lowest BCUT2D eigenvalue weighted by Gasteiger charge is -1.96. The third-order valence-corrected chi connectivity index (χ3v) is 2.73. The summed E-state index contributed by atoms with van der Waals surface area (Å²) < 4.78 is 4.84. The molecular weight excluding hydrogens is 218 g/mol. The van der Waals surface area contributed by atoms with E-state index >= 15 is 0 Å². The standard InChI is InChI=1S/C9H7NO4S/c11-8(12)4-15-5-1-2-6-7(3-5)14-9(13)10-6/h1-3H,4H2,(H,10,13)(H,11,12). The van der Waals surface area contributed by atoms with Crippen LogP contribution in [0.15, 0.2) is 32.3 Å². The lowest BCUT2D eigenvalue weighted by Crippen LogP contribution is -1.97. The minimum Gasteiger partial charge on any atom is -0.481 e. The van der Waals surface area contributed by atoms with Crippen LogP contribution in [-0.4, -0.2) is 21.8 Å². The van der Waals surface area contributed by atoms with Crippen LogP contribution in [0.2, 0.25) is 0 Å². The van der Waals surface area contributed by atoms with Gasteiger partial charge in [-0.3, -0.25) is 9.78 Å². The zero-order chi connectivity index (χ0) is 10.8. The summed E-state index contributed by atoms with van der Waals surface area (Å²) in [6.07, 6.45) is 0. The molecule has 2 rings (SSSR count). The first-order chi connectivity index (χ1) is 7.15. The summed E-state index contributed by atoms with van der Waals surface area (Å²) in [5, 5.41) is 8.49. The Balaban J connectivity index is 2.30. The van der Waals surface area contributed by atoms with Crippen molar-refractivity contribution in [1.82, 2.24) is 4.98 Å². The van der Waals surface area contributed by atoms with Crippen molar-refractivity contribution in [3.8, 4) is 0 Å². The van der Waals surface area contributed by atoms with Crippen LogP contribution in [-0.2, 0) is 4.79 Å². The van der Waals surface area contributed by atoms with Gasteiger partial charge >= 0.3 is 11.7 Å². The first-order valence-corrected chi connectivity index (χ1v) is 5.11. The topological polar surface area (TPSA) is 83.3 Å². The van der Waals surface area contributed by atoms with Crippen LogP contribution >= 0.6 is 11.8 Å². The largest absolute Gasteiger partial charge is 0.481 e. The second-order valence-electron chi connectivity index (χ2n) is 2.85. The number of hydrogen-bond donors (Lipinski definition) is 2. The minimum absolute atomic E-state index is 0.0137. The molecule has 5 nitrogen and oxygen atoms in total. The number of carboxylic acid groups (broad SMARTS) is 1. The summed E-state index contributed by atoms with van der Waals surface area (Å²) in [4.78, 5) is 24.4. The third kappa shape index (κ3) is 2.21. The molecule has 78 valence electrons. The summed E-state index contributed by atoms with van der Waals surface area (Å²) >= 11 is 1.18. The van der Waals surface area contributed by atoms with E-state index in [1.54, 1.807) is 18.2 Å². The van der Waals surface area contributed by atoms with E-state index in [0.29, 0.717) is 11.1 Å². The Hall–Kier alpha value is -1.69. The number of carboxylic acids is 1. The van der Waals surface area contributed by atoms with Gasteiger partial charge in [0.25, 0.3) is 0 Å². The minimum atomic E-state index is -0.879. The molecule has 0 atom stereocenters. The maximum atomic E-state index is 10.8. The van der Waals surface area contributed by atoms with Crippen LogP contribution in [0.4, 0.5) is 0 Å². The van der Waals surface area contributed by atoms with Gasteiger partial charge in [0, 0.05) is 4.90 Å². The summed E-state index contributed by atoms with van der Waals surface area (Å²) in [6.45, 7) is 0. The summed E-state index contributed by atoms with van der Waals surface area (Å²) in [6, 6.07) is 5.06. The van der Waals surface area contributed by atoms with Gasteiger partial charge in [0.2, 0.25) is 0 Å². The van der Waals surface area contributed by atoms with Crippen molar-refractivity contribution < 1.29 is 14.3 Å². The van der Waals surface area contributed by atoms with Crippen LogP contribution in [0, 0.1) is 0 Å². The molecule has 1 heterocycles. The summed E-state index contributed by atoms with van der Waals surface area (Å²) in [5.41, 5.74) is 1.05. The van der Waals surface area contributed by atoms with Crippen LogP contribution in [0.5, 0.6) is 0 Å². The molecule has 1 aromatic carbocycles. The fourth-order valence-corrected chi connectivity index (χ4v) is 1.81. The highest BCUT2D eigenvalue weighted by Crippen LogP contribution is 2.21. The molecule has 2 N–H and O–H groups in total. The number of oxazole rings is 1. The fraction of sp³-hybridized carbons (Fsp3) is 0.111.